The number of methoxy groups -OCH3 is 1. The average Bonchev–Trinajstić information content (AvgIpc) is 3.42. The van der Waals surface area contributed by atoms with E-state index in [0.29, 0.717) is 12.3 Å². The van der Waals surface area contributed by atoms with Crippen LogP contribution in [-0.4, -0.2) is 33.3 Å². The first-order valence-corrected chi connectivity index (χ1v) is 8.77. The molecule has 1 aromatic carbocycles. The van der Waals surface area contributed by atoms with E-state index in [1.165, 1.54) is 0 Å². The van der Waals surface area contributed by atoms with Crippen molar-refractivity contribution >= 4 is 22.7 Å². The maximum Gasteiger partial charge on any atom is 0.409 e. The van der Waals surface area contributed by atoms with Gasteiger partial charge in [0.05, 0.1) is 12.1 Å². The molecule has 0 spiro atoms. The molecule has 0 aliphatic heterocycles. The third kappa shape index (κ3) is 3.59. The molecule has 27 heavy (non-hydrogen) atoms. The SMILES string of the molecule is COCc1cc(NC(=O)O)cc2nc([C@H]3C[C@@H]3c3nccc(C)n3)ccc12. The summed E-state index contributed by atoms with van der Waals surface area (Å²) in [5, 5.41) is 12.4. The standard InChI is InChI=1S/C20H20N4O3/c1-11-5-6-21-19(22-11)16-9-15(16)17-4-3-14-12(10-27-2)7-13(23-20(25)26)8-18(14)24-17/h3-8,15-16,23H,9-10H2,1-2H3,(H,25,26)/t15-,16-/m0/s1. The predicted octanol–water partition coefficient (Wildman–Crippen LogP) is 3.84. The number of benzene rings is 1. The number of hydrogen-bond acceptors (Lipinski definition) is 5. The first-order valence-electron chi connectivity index (χ1n) is 8.77. The van der Waals surface area contributed by atoms with Crippen LogP contribution in [0.15, 0.2) is 36.5 Å². The van der Waals surface area contributed by atoms with Gasteiger partial charge in [-0.2, -0.15) is 0 Å². The largest absolute Gasteiger partial charge is 0.465 e. The first kappa shape index (κ1) is 17.4. The van der Waals surface area contributed by atoms with Crippen LogP contribution in [0.5, 0.6) is 0 Å². The highest BCUT2D eigenvalue weighted by atomic mass is 16.5. The van der Waals surface area contributed by atoms with Crippen molar-refractivity contribution in [1.82, 2.24) is 15.0 Å². The van der Waals surface area contributed by atoms with Crippen LogP contribution in [-0.2, 0) is 11.3 Å². The molecule has 0 radical (unpaired) electrons. The minimum absolute atomic E-state index is 0.286. The number of rotatable bonds is 5. The van der Waals surface area contributed by atoms with E-state index in [1.807, 2.05) is 25.1 Å². The number of amides is 1. The molecule has 1 aliphatic carbocycles. The summed E-state index contributed by atoms with van der Waals surface area (Å²) in [6, 6.07) is 9.49. The van der Waals surface area contributed by atoms with Gasteiger partial charge >= 0.3 is 6.09 Å². The second-order valence-electron chi connectivity index (χ2n) is 6.81. The number of fused-ring (bicyclic) bond motifs is 1. The highest BCUT2D eigenvalue weighted by Crippen LogP contribution is 2.53. The van der Waals surface area contributed by atoms with Gasteiger partial charge in [0.15, 0.2) is 0 Å². The van der Waals surface area contributed by atoms with Crippen molar-refractivity contribution in [3.05, 3.63) is 59.3 Å². The third-order valence-electron chi connectivity index (χ3n) is 4.78. The lowest BCUT2D eigenvalue weighted by atomic mass is 10.1. The van der Waals surface area contributed by atoms with E-state index >= 15 is 0 Å². The number of carboxylic acid groups (broad SMARTS) is 1. The Hall–Kier alpha value is -3.06. The van der Waals surface area contributed by atoms with Crippen LogP contribution < -0.4 is 5.32 Å². The van der Waals surface area contributed by atoms with E-state index in [0.717, 1.165) is 40.1 Å². The summed E-state index contributed by atoms with van der Waals surface area (Å²) >= 11 is 0. The fraction of sp³-hybridized carbons (Fsp3) is 0.300. The Bertz CT molecular complexity index is 1020. The number of aryl methyl sites for hydroxylation is 1. The molecule has 1 saturated carbocycles. The molecule has 138 valence electrons. The van der Waals surface area contributed by atoms with Crippen molar-refractivity contribution in [1.29, 1.82) is 0 Å². The fourth-order valence-corrected chi connectivity index (χ4v) is 3.46. The molecule has 1 aliphatic rings. The van der Waals surface area contributed by atoms with E-state index < -0.39 is 6.09 Å². The third-order valence-corrected chi connectivity index (χ3v) is 4.78. The Morgan fingerprint density at radius 3 is 2.85 bits per heavy atom. The maximum absolute atomic E-state index is 11.0. The normalized spacial score (nSPS) is 18.4. The number of nitrogens with zero attached hydrogens (tertiary/aromatic N) is 3. The van der Waals surface area contributed by atoms with Gasteiger partial charge in [-0.1, -0.05) is 6.07 Å². The number of carbonyl (C=O) groups is 1. The van der Waals surface area contributed by atoms with Gasteiger partial charge in [0, 0.05) is 47.6 Å². The summed E-state index contributed by atoms with van der Waals surface area (Å²) in [6.07, 6.45) is 1.66. The Morgan fingerprint density at radius 1 is 1.26 bits per heavy atom. The zero-order valence-electron chi connectivity index (χ0n) is 15.1. The molecule has 2 aromatic heterocycles. The summed E-state index contributed by atoms with van der Waals surface area (Å²) in [4.78, 5) is 24.7. The summed E-state index contributed by atoms with van der Waals surface area (Å²) in [5.41, 5.74) is 4.08. The average molecular weight is 364 g/mol. The van der Waals surface area contributed by atoms with Crippen molar-refractivity contribution in [3.63, 3.8) is 0 Å². The number of pyridine rings is 1. The Balaban J connectivity index is 1.68. The molecule has 0 saturated heterocycles. The maximum atomic E-state index is 11.0. The molecule has 4 rings (SSSR count). The van der Waals surface area contributed by atoms with Crippen LogP contribution in [0.25, 0.3) is 10.9 Å². The molecule has 0 bridgehead atoms. The molecule has 2 atom stereocenters. The molecule has 2 N–H and O–H groups in total. The molecule has 1 fully saturated rings. The molecule has 3 aromatic rings. The van der Waals surface area contributed by atoms with Crippen molar-refractivity contribution < 1.29 is 14.6 Å². The zero-order chi connectivity index (χ0) is 19.0. The van der Waals surface area contributed by atoms with Crippen LogP contribution in [0, 0.1) is 6.92 Å². The molecule has 7 nitrogen and oxygen atoms in total. The molecule has 7 heteroatoms. The molecule has 1 amide bonds. The van der Waals surface area contributed by atoms with E-state index in [-0.39, 0.29) is 11.8 Å². The lowest BCUT2D eigenvalue weighted by Crippen LogP contribution is -2.08. The second-order valence-corrected chi connectivity index (χ2v) is 6.81. The minimum Gasteiger partial charge on any atom is -0.465 e. The van der Waals surface area contributed by atoms with E-state index in [2.05, 4.69) is 15.3 Å². The van der Waals surface area contributed by atoms with Gasteiger partial charge < -0.3 is 9.84 Å². The summed E-state index contributed by atoms with van der Waals surface area (Å²) in [5.74, 6) is 1.44. The summed E-state index contributed by atoms with van der Waals surface area (Å²) < 4.78 is 5.25. The minimum atomic E-state index is -1.10. The van der Waals surface area contributed by atoms with Gasteiger partial charge in [0.25, 0.3) is 0 Å². The number of ether oxygens (including phenoxy) is 1. The highest BCUT2D eigenvalue weighted by Gasteiger charge is 2.42. The topological polar surface area (TPSA) is 97.2 Å². The van der Waals surface area contributed by atoms with Crippen molar-refractivity contribution in [3.8, 4) is 0 Å². The van der Waals surface area contributed by atoms with Crippen molar-refractivity contribution in [2.45, 2.75) is 31.8 Å². The Morgan fingerprint density at radius 2 is 2.11 bits per heavy atom. The van der Waals surface area contributed by atoms with E-state index in [4.69, 9.17) is 14.8 Å². The lowest BCUT2D eigenvalue weighted by Gasteiger charge is -2.10. The molecule has 2 heterocycles. The van der Waals surface area contributed by atoms with Gasteiger partial charge in [0.2, 0.25) is 0 Å². The molecular weight excluding hydrogens is 344 g/mol. The van der Waals surface area contributed by atoms with E-state index in [9.17, 15) is 4.79 Å². The van der Waals surface area contributed by atoms with Gasteiger partial charge in [-0.05, 0) is 43.2 Å². The highest BCUT2D eigenvalue weighted by molar-refractivity contribution is 5.91. The number of aromatic nitrogens is 3. The first-order chi connectivity index (χ1) is 13.0. The Kier molecular flexibility index (Phi) is 4.45. The fourth-order valence-electron chi connectivity index (χ4n) is 3.46. The van der Waals surface area contributed by atoms with Gasteiger partial charge in [0.1, 0.15) is 5.82 Å². The second kappa shape index (κ2) is 6.92. The predicted molar refractivity (Wildman–Crippen MR) is 101 cm³/mol. The zero-order valence-corrected chi connectivity index (χ0v) is 15.1. The molecule has 0 unspecified atom stereocenters. The molecular formula is C20H20N4O3. The van der Waals surface area contributed by atoms with Gasteiger partial charge in [-0.15, -0.1) is 0 Å². The number of nitrogens with one attached hydrogen (secondary N) is 1. The number of hydrogen-bond donors (Lipinski definition) is 2. The Labute approximate surface area is 156 Å². The smallest absolute Gasteiger partial charge is 0.409 e. The summed E-state index contributed by atoms with van der Waals surface area (Å²) in [6.45, 7) is 2.35. The lowest BCUT2D eigenvalue weighted by molar-refractivity contribution is 0.186. The van der Waals surface area contributed by atoms with Gasteiger partial charge in [-0.3, -0.25) is 10.3 Å². The monoisotopic (exact) mass is 364 g/mol. The number of anilines is 1. The van der Waals surface area contributed by atoms with Crippen LogP contribution in [0.4, 0.5) is 10.5 Å². The van der Waals surface area contributed by atoms with Crippen LogP contribution >= 0.6 is 0 Å². The van der Waals surface area contributed by atoms with E-state index in [1.54, 1.807) is 25.4 Å². The van der Waals surface area contributed by atoms with Crippen LogP contribution in [0.3, 0.4) is 0 Å². The quantitative estimate of drug-likeness (QED) is 0.714. The van der Waals surface area contributed by atoms with Gasteiger partial charge in [-0.25, -0.2) is 14.8 Å². The van der Waals surface area contributed by atoms with Crippen LogP contribution in [0.1, 0.15) is 41.0 Å². The van der Waals surface area contributed by atoms with Crippen molar-refractivity contribution in [2.24, 2.45) is 0 Å². The summed E-state index contributed by atoms with van der Waals surface area (Å²) in [7, 11) is 1.61. The van der Waals surface area contributed by atoms with Crippen molar-refractivity contribution in [2.75, 3.05) is 12.4 Å². The van der Waals surface area contributed by atoms with Crippen LogP contribution in [0.2, 0.25) is 0 Å².